The number of hydrogen-bond donors (Lipinski definition) is 2. The number of allylic oxidation sites excluding steroid dienone is 18. The lowest BCUT2D eigenvalue weighted by Gasteiger charge is -2.30. The summed E-state index contributed by atoms with van der Waals surface area (Å²) in [4.78, 5) is 38.3. The molecule has 0 spiro atoms. The predicted molar refractivity (Wildman–Crippen MR) is 267 cm³/mol. The van der Waals surface area contributed by atoms with Gasteiger partial charge in [0, 0.05) is 19.3 Å². The van der Waals surface area contributed by atoms with Crippen LogP contribution in [0.3, 0.4) is 0 Å². The lowest BCUT2D eigenvalue weighted by molar-refractivity contribution is -0.398. The number of unbranched alkanes of at least 4 members (excludes halogenated alkanes) is 15. The van der Waals surface area contributed by atoms with E-state index in [1.807, 2.05) is 0 Å². The Morgan fingerprint density at radius 3 is 0.938 bits per heavy atom. The molecule has 0 aliphatic heterocycles. The monoisotopic (exact) mass is 891 g/mol. The summed E-state index contributed by atoms with van der Waals surface area (Å²) in [6.07, 6.45) is 61.7. The zero-order valence-corrected chi connectivity index (χ0v) is 40.5. The van der Waals surface area contributed by atoms with E-state index in [-0.39, 0.29) is 19.3 Å². The van der Waals surface area contributed by atoms with E-state index in [4.69, 9.17) is 14.2 Å². The fourth-order valence-corrected chi connectivity index (χ4v) is 6.47. The van der Waals surface area contributed by atoms with Gasteiger partial charge in [0.25, 0.3) is 0 Å². The Morgan fingerprint density at radius 2 is 0.625 bits per heavy atom. The topological polar surface area (TPSA) is 119 Å². The summed E-state index contributed by atoms with van der Waals surface area (Å²) in [5.74, 6) is -5.63. The molecule has 0 amide bonds. The van der Waals surface area contributed by atoms with Gasteiger partial charge in [0.15, 0.2) is 0 Å². The number of aliphatic hydroxyl groups is 2. The van der Waals surface area contributed by atoms with Crippen LogP contribution in [0.5, 0.6) is 0 Å². The molecule has 362 valence electrons. The number of hydrogen-bond acceptors (Lipinski definition) is 8. The van der Waals surface area contributed by atoms with Gasteiger partial charge in [-0.2, -0.15) is 0 Å². The highest BCUT2D eigenvalue weighted by molar-refractivity contribution is 5.72. The summed E-state index contributed by atoms with van der Waals surface area (Å²) in [5.41, 5.74) is 0. The van der Waals surface area contributed by atoms with E-state index in [1.54, 1.807) is 0 Å². The van der Waals surface area contributed by atoms with E-state index in [0.717, 1.165) is 154 Å². The molecule has 1 atom stereocenters. The number of carbonyl (C=O) groups is 3. The second-order valence-corrected chi connectivity index (χ2v) is 16.2. The average molecular weight is 891 g/mol. The molecule has 8 heteroatoms. The summed E-state index contributed by atoms with van der Waals surface area (Å²) < 4.78 is 15.4. The first kappa shape index (κ1) is 60.0. The Labute approximate surface area is 390 Å². The lowest BCUT2D eigenvalue weighted by atomic mass is 10.1. The number of esters is 3. The van der Waals surface area contributed by atoms with E-state index in [2.05, 4.69) is 130 Å². The van der Waals surface area contributed by atoms with Gasteiger partial charge in [-0.25, -0.2) is 0 Å². The maximum atomic E-state index is 12.8. The van der Waals surface area contributed by atoms with Crippen LogP contribution in [0.25, 0.3) is 0 Å². The van der Waals surface area contributed by atoms with E-state index < -0.39 is 30.2 Å². The van der Waals surface area contributed by atoms with Crippen LogP contribution in [0.1, 0.15) is 213 Å². The summed E-state index contributed by atoms with van der Waals surface area (Å²) in [7, 11) is 0. The Kier molecular flexibility index (Phi) is 44.0. The summed E-state index contributed by atoms with van der Waals surface area (Å²) in [6, 6.07) is 0. The van der Waals surface area contributed by atoms with Crippen molar-refractivity contribution in [2.75, 3.05) is 0 Å². The smallest absolute Gasteiger partial charge is 0.424 e. The normalized spacial score (nSPS) is 13.3. The molecule has 2 N–H and O–H groups in total. The van der Waals surface area contributed by atoms with Crippen LogP contribution < -0.4 is 0 Å². The van der Waals surface area contributed by atoms with Crippen LogP contribution in [-0.2, 0) is 28.6 Å². The van der Waals surface area contributed by atoms with Crippen molar-refractivity contribution >= 4 is 17.9 Å². The molecule has 0 fully saturated rings. The molecule has 0 rings (SSSR count). The molecular weight excluding hydrogens is 801 g/mol. The van der Waals surface area contributed by atoms with Gasteiger partial charge in [-0.3, -0.25) is 14.4 Å². The second kappa shape index (κ2) is 47.0. The Hall–Kier alpha value is -4.01. The van der Waals surface area contributed by atoms with E-state index in [0.29, 0.717) is 19.3 Å². The molecule has 0 aromatic rings. The molecule has 0 saturated heterocycles. The molecule has 0 aliphatic rings. The summed E-state index contributed by atoms with van der Waals surface area (Å²) >= 11 is 0. The predicted octanol–water partition coefficient (Wildman–Crippen LogP) is 15.3. The molecule has 64 heavy (non-hydrogen) atoms. The minimum atomic E-state index is -3.14. The first-order valence-corrected chi connectivity index (χ1v) is 25.2. The zero-order valence-electron chi connectivity index (χ0n) is 40.5. The maximum Gasteiger partial charge on any atom is 0.440 e. The molecule has 0 aliphatic carbocycles. The van der Waals surface area contributed by atoms with Crippen LogP contribution >= 0.6 is 0 Å². The molecule has 0 aromatic carbocycles. The SMILES string of the molecule is CC/C=C\C/C=C\C/C=C\CCCCCCCC(=O)OC(O)C(O)(OC(=O)CCCCCCC/C=C\C/C=C\C/C=C\CC)OC(=O)CCCCCCC/C=C\C/C=C\C/C=C\CC. The third-order valence-corrected chi connectivity index (χ3v) is 10.2. The number of aliphatic hydroxyl groups excluding tert-OH is 1. The van der Waals surface area contributed by atoms with Crippen molar-refractivity contribution in [1.82, 2.24) is 0 Å². The van der Waals surface area contributed by atoms with Gasteiger partial charge < -0.3 is 24.4 Å². The van der Waals surface area contributed by atoms with Crippen molar-refractivity contribution in [3.05, 3.63) is 109 Å². The third-order valence-electron chi connectivity index (χ3n) is 10.2. The van der Waals surface area contributed by atoms with Crippen molar-refractivity contribution in [2.24, 2.45) is 0 Å². The first-order valence-electron chi connectivity index (χ1n) is 25.2. The van der Waals surface area contributed by atoms with Gasteiger partial charge >= 0.3 is 30.2 Å². The molecule has 0 bridgehead atoms. The van der Waals surface area contributed by atoms with Crippen molar-refractivity contribution in [2.45, 2.75) is 226 Å². The molecule has 0 saturated carbocycles. The summed E-state index contributed by atoms with van der Waals surface area (Å²) in [6.45, 7) is 6.39. The van der Waals surface area contributed by atoms with Crippen LogP contribution in [0, 0.1) is 0 Å². The van der Waals surface area contributed by atoms with Gasteiger partial charge in [0.05, 0.1) is 0 Å². The molecular formula is C56H90O8. The summed E-state index contributed by atoms with van der Waals surface area (Å²) in [5, 5.41) is 22.0. The van der Waals surface area contributed by atoms with Gasteiger partial charge in [0.1, 0.15) is 0 Å². The first-order chi connectivity index (χ1) is 31.3. The molecule has 0 aromatic heterocycles. The van der Waals surface area contributed by atoms with E-state index in [1.165, 1.54) is 0 Å². The van der Waals surface area contributed by atoms with Crippen LogP contribution in [0.15, 0.2) is 109 Å². The number of ether oxygens (including phenoxy) is 3. The van der Waals surface area contributed by atoms with E-state index >= 15 is 0 Å². The average Bonchev–Trinajstić information content (AvgIpc) is 3.27. The maximum absolute atomic E-state index is 12.8. The third kappa shape index (κ3) is 42.0. The van der Waals surface area contributed by atoms with Crippen LogP contribution in [0.2, 0.25) is 0 Å². The fraction of sp³-hybridized carbons (Fsp3) is 0.625. The van der Waals surface area contributed by atoms with Gasteiger partial charge in [0.2, 0.25) is 0 Å². The Morgan fingerprint density at radius 1 is 0.375 bits per heavy atom. The van der Waals surface area contributed by atoms with Crippen molar-refractivity contribution in [3.63, 3.8) is 0 Å². The number of carbonyl (C=O) groups excluding carboxylic acids is 3. The van der Waals surface area contributed by atoms with Crippen molar-refractivity contribution in [1.29, 1.82) is 0 Å². The quantitative estimate of drug-likeness (QED) is 0.0269. The lowest BCUT2D eigenvalue weighted by Crippen LogP contribution is -2.52. The Balaban J connectivity index is 4.77. The highest BCUT2D eigenvalue weighted by atomic mass is 16.9. The highest BCUT2D eigenvalue weighted by Gasteiger charge is 2.47. The largest absolute Gasteiger partial charge is 0.440 e. The number of rotatable bonds is 43. The van der Waals surface area contributed by atoms with E-state index in [9.17, 15) is 24.6 Å². The standard InChI is InChI=1S/C56H90O8/c1-4-7-10-13-16-19-22-25-28-31-34-37-40-43-46-49-52(57)62-55(60)56(61,63-53(58)50-47-44-41-38-35-32-29-26-23-20-17-14-11-8-5-2)64-54(59)51-48-45-42-39-36-33-30-27-24-21-18-15-12-9-6-3/h7-12,16-21,25-30,55,60-61H,4-6,13-15,22-24,31-51H2,1-3H3/b10-7-,11-8-,12-9-,19-16-,20-17-,21-18-,28-25-,29-26-,30-27-. The van der Waals surface area contributed by atoms with Gasteiger partial charge in [-0.15, -0.1) is 0 Å². The zero-order chi connectivity index (χ0) is 46.9. The van der Waals surface area contributed by atoms with Crippen LogP contribution in [0.4, 0.5) is 0 Å². The van der Waals surface area contributed by atoms with Crippen molar-refractivity contribution < 1.29 is 38.8 Å². The van der Waals surface area contributed by atoms with Crippen LogP contribution in [-0.4, -0.2) is 40.4 Å². The minimum absolute atomic E-state index is 0.00226. The molecule has 0 radical (unpaired) electrons. The van der Waals surface area contributed by atoms with Gasteiger partial charge in [-0.05, 0) is 116 Å². The molecule has 0 heterocycles. The van der Waals surface area contributed by atoms with Crippen molar-refractivity contribution in [3.8, 4) is 0 Å². The second-order valence-electron chi connectivity index (χ2n) is 16.2. The Bertz CT molecular complexity index is 1330. The molecule has 8 nitrogen and oxygen atoms in total. The minimum Gasteiger partial charge on any atom is -0.424 e. The van der Waals surface area contributed by atoms with Gasteiger partial charge in [-0.1, -0.05) is 188 Å². The molecule has 1 unspecified atom stereocenters. The fourth-order valence-electron chi connectivity index (χ4n) is 6.47. The highest BCUT2D eigenvalue weighted by Crippen LogP contribution is 2.22.